The number of nitrogens with zero attached hydrogens (tertiary/aromatic N) is 2. The number of rotatable bonds is 7. The van der Waals surface area contributed by atoms with Crippen LogP contribution >= 0.6 is 11.6 Å². The average Bonchev–Trinajstić information content (AvgIpc) is 2.62. The summed E-state index contributed by atoms with van der Waals surface area (Å²) >= 11 is 6.11. The molecule has 8 heteroatoms. The topological polar surface area (TPSA) is 93.2 Å². The van der Waals surface area contributed by atoms with E-state index in [1.54, 1.807) is 13.0 Å². The second-order valence-electron chi connectivity index (χ2n) is 5.64. The summed E-state index contributed by atoms with van der Waals surface area (Å²) in [5.74, 6) is -0.562. The number of ether oxygens (including phenoxy) is 1. The van der Waals surface area contributed by atoms with Crippen LogP contribution < -0.4 is 10.6 Å². The molecule has 138 valence electrons. The van der Waals surface area contributed by atoms with Crippen molar-refractivity contribution in [3.8, 4) is 0 Å². The zero-order chi connectivity index (χ0) is 19.1. The van der Waals surface area contributed by atoms with Gasteiger partial charge in [0.15, 0.2) is 0 Å². The maximum Gasteiger partial charge on any atom is 0.337 e. The summed E-state index contributed by atoms with van der Waals surface area (Å²) in [6.07, 6.45) is 2.02. The molecule has 0 bridgehead atoms. The first-order valence-electron chi connectivity index (χ1n) is 8.23. The Labute approximate surface area is 157 Å². The molecule has 1 aromatic carbocycles. The van der Waals surface area contributed by atoms with E-state index in [-0.39, 0.29) is 11.3 Å². The van der Waals surface area contributed by atoms with Gasteiger partial charge in [0.25, 0.3) is 5.91 Å². The van der Waals surface area contributed by atoms with E-state index in [1.807, 2.05) is 0 Å². The molecule has 0 spiro atoms. The number of anilines is 2. The molecular formula is C18H21ClN4O3. The van der Waals surface area contributed by atoms with Gasteiger partial charge in [-0.25, -0.2) is 14.8 Å². The molecule has 0 aliphatic heterocycles. The van der Waals surface area contributed by atoms with Crippen LogP contribution in [0.4, 0.5) is 11.6 Å². The quantitative estimate of drug-likeness (QED) is 0.565. The summed E-state index contributed by atoms with van der Waals surface area (Å²) in [4.78, 5) is 32.7. The largest absolute Gasteiger partial charge is 0.465 e. The minimum Gasteiger partial charge on any atom is -0.465 e. The fourth-order valence-corrected chi connectivity index (χ4v) is 2.36. The highest BCUT2D eigenvalue weighted by Gasteiger charge is 2.15. The molecule has 7 nitrogen and oxygen atoms in total. The smallest absolute Gasteiger partial charge is 0.337 e. The van der Waals surface area contributed by atoms with Crippen molar-refractivity contribution in [2.45, 2.75) is 26.7 Å². The third-order valence-corrected chi connectivity index (χ3v) is 3.87. The van der Waals surface area contributed by atoms with Crippen molar-refractivity contribution < 1.29 is 14.3 Å². The van der Waals surface area contributed by atoms with Crippen molar-refractivity contribution >= 4 is 35.1 Å². The van der Waals surface area contributed by atoms with Gasteiger partial charge in [-0.1, -0.05) is 24.9 Å². The molecule has 2 aromatic rings. The van der Waals surface area contributed by atoms with Crippen molar-refractivity contribution in [1.29, 1.82) is 0 Å². The molecule has 0 atom stereocenters. The maximum absolute atomic E-state index is 12.5. The van der Waals surface area contributed by atoms with E-state index >= 15 is 0 Å². The number of aromatic nitrogens is 2. The van der Waals surface area contributed by atoms with E-state index < -0.39 is 11.9 Å². The summed E-state index contributed by atoms with van der Waals surface area (Å²) in [6.45, 7) is 4.60. The highest BCUT2D eigenvalue weighted by atomic mass is 35.5. The molecule has 0 unspecified atom stereocenters. The molecule has 0 radical (unpaired) electrons. The Kier molecular flexibility index (Phi) is 6.91. The van der Waals surface area contributed by atoms with E-state index in [2.05, 4.69) is 32.3 Å². The minimum absolute atomic E-state index is 0.205. The molecule has 2 N–H and O–H groups in total. The second-order valence-corrected chi connectivity index (χ2v) is 6.05. The zero-order valence-corrected chi connectivity index (χ0v) is 15.7. The van der Waals surface area contributed by atoms with E-state index in [0.29, 0.717) is 22.4 Å². The Balaban J connectivity index is 2.20. The fourth-order valence-electron chi connectivity index (χ4n) is 2.19. The standard InChI is InChI=1S/C18H21ClN4O3/c1-4-5-8-20-18-21-11(2)9-15(23-18)16(24)22-14-10-12(17(25)26-3)6-7-13(14)19/h6-7,9-10H,4-5,8H2,1-3H3,(H,22,24)(H,20,21,23). The monoisotopic (exact) mass is 376 g/mol. The number of amides is 1. The Bertz CT molecular complexity index is 811. The number of benzene rings is 1. The van der Waals surface area contributed by atoms with Crippen molar-refractivity contribution in [2.75, 3.05) is 24.3 Å². The molecule has 0 saturated heterocycles. The van der Waals surface area contributed by atoms with Gasteiger partial charge in [-0.3, -0.25) is 4.79 Å². The van der Waals surface area contributed by atoms with Crippen LogP contribution in [-0.4, -0.2) is 35.5 Å². The molecule has 1 aromatic heterocycles. The number of unbranched alkanes of at least 4 members (excludes halogenated alkanes) is 1. The molecule has 0 fully saturated rings. The number of aryl methyl sites for hydroxylation is 1. The predicted octanol–water partition coefficient (Wildman–Crippen LogP) is 3.69. The lowest BCUT2D eigenvalue weighted by Crippen LogP contribution is -2.17. The molecule has 1 heterocycles. The Morgan fingerprint density at radius 3 is 2.69 bits per heavy atom. The van der Waals surface area contributed by atoms with Crippen LogP contribution in [0.5, 0.6) is 0 Å². The lowest BCUT2D eigenvalue weighted by molar-refractivity contribution is 0.0600. The second kappa shape index (κ2) is 9.15. The van der Waals surface area contributed by atoms with E-state index in [9.17, 15) is 9.59 Å². The van der Waals surface area contributed by atoms with Crippen molar-refractivity contribution in [1.82, 2.24) is 9.97 Å². The van der Waals surface area contributed by atoms with Gasteiger partial charge in [0, 0.05) is 12.2 Å². The molecule has 0 saturated carbocycles. The van der Waals surface area contributed by atoms with Gasteiger partial charge in [-0.15, -0.1) is 0 Å². The van der Waals surface area contributed by atoms with Crippen LogP contribution in [-0.2, 0) is 4.74 Å². The summed E-state index contributed by atoms with van der Waals surface area (Å²) in [5, 5.41) is 6.07. The third-order valence-electron chi connectivity index (χ3n) is 3.54. The lowest BCUT2D eigenvalue weighted by Gasteiger charge is -2.10. The fraction of sp³-hybridized carbons (Fsp3) is 0.333. The molecule has 1 amide bonds. The van der Waals surface area contributed by atoms with Crippen LogP contribution in [0.1, 0.15) is 46.3 Å². The van der Waals surface area contributed by atoms with Crippen molar-refractivity contribution in [2.24, 2.45) is 0 Å². The number of esters is 1. The summed E-state index contributed by atoms with van der Waals surface area (Å²) < 4.78 is 4.68. The van der Waals surface area contributed by atoms with Crippen LogP contribution in [0, 0.1) is 6.92 Å². The number of methoxy groups -OCH3 is 1. The lowest BCUT2D eigenvalue weighted by atomic mass is 10.2. The molecule has 2 rings (SSSR count). The zero-order valence-electron chi connectivity index (χ0n) is 14.9. The third kappa shape index (κ3) is 5.16. The number of carbonyl (C=O) groups excluding carboxylic acids is 2. The molecular weight excluding hydrogens is 356 g/mol. The normalized spacial score (nSPS) is 10.3. The first-order chi connectivity index (χ1) is 12.4. The van der Waals surface area contributed by atoms with Gasteiger partial charge in [0.1, 0.15) is 5.69 Å². The number of hydrogen-bond acceptors (Lipinski definition) is 6. The highest BCUT2D eigenvalue weighted by Crippen LogP contribution is 2.24. The summed E-state index contributed by atoms with van der Waals surface area (Å²) in [5.41, 5.74) is 1.46. The van der Waals surface area contributed by atoms with Gasteiger partial charge in [-0.2, -0.15) is 0 Å². The van der Waals surface area contributed by atoms with E-state index in [0.717, 1.165) is 19.4 Å². The number of carbonyl (C=O) groups is 2. The Hall–Kier alpha value is -2.67. The number of halogens is 1. The SMILES string of the molecule is CCCCNc1nc(C)cc(C(=O)Nc2cc(C(=O)OC)ccc2Cl)n1. The predicted molar refractivity (Wildman–Crippen MR) is 101 cm³/mol. The van der Waals surface area contributed by atoms with Gasteiger partial charge in [0.2, 0.25) is 5.95 Å². The highest BCUT2D eigenvalue weighted by molar-refractivity contribution is 6.34. The molecule has 0 aliphatic carbocycles. The van der Waals surface area contributed by atoms with E-state index in [4.69, 9.17) is 11.6 Å². The van der Waals surface area contributed by atoms with Crippen LogP contribution in [0.3, 0.4) is 0 Å². The average molecular weight is 377 g/mol. The minimum atomic E-state index is -0.516. The summed E-state index contributed by atoms with van der Waals surface area (Å²) in [6, 6.07) is 6.08. The van der Waals surface area contributed by atoms with Gasteiger partial charge < -0.3 is 15.4 Å². The number of hydrogen-bond donors (Lipinski definition) is 2. The molecule has 26 heavy (non-hydrogen) atoms. The molecule has 0 aliphatic rings. The number of nitrogens with one attached hydrogen (secondary N) is 2. The van der Waals surface area contributed by atoms with Crippen molar-refractivity contribution in [3.63, 3.8) is 0 Å². The first-order valence-corrected chi connectivity index (χ1v) is 8.61. The first kappa shape index (κ1) is 19.7. The Morgan fingerprint density at radius 2 is 2.00 bits per heavy atom. The van der Waals surface area contributed by atoms with Gasteiger partial charge >= 0.3 is 5.97 Å². The van der Waals surface area contributed by atoms with Gasteiger partial charge in [0.05, 0.1) is 23.4 Å². The summed E-state index contributed by atoms with van der Waals surface area (Å²) in [7, 11) is 1.28. The Morgan fingerprint density at radius 1 is 1.23 bits per heavy atom. The van der Waals surface area contributed by atoms with Crippen LogP contribution in [0.25, 0.3) is 0 Å². The van der Waals surface area contributed by atoms with Gasteiger partial charge in [-0.05, 0) is 37.6 Å². The van der Waals surface area contributed by atoms with Crippen LogP contribution in [0.15, 0.2) is 24.3 Å². The maximum atomic E-state index is 12.5. The van der Waals surface area contributed by atoms with E-state index in [1.165, 1.54) is 25.3 Å². The van der Waals surface area contributed by atoms with Crippen LogP contribution in [0.2, 0.25) is 5.02 Å². The van der Waals surface area contributed by atoms with Crippen molar-refractivity contribution in [3.05, 3.63) is 46.2 Å².